The Hall–Kier alpha value is -7.36. The molecule has 3 nitrogen and oxygen atoms in total. The SMILES string of the molecule is c1ccc(N(c2ccccc2)c2ccc(-c3cccc4c3-c3cccc5c(-c6ccc(N(c7ccccc7)c7ccccc7)cc6)ccc(c35)O4)cc2)cc1. The Labute approximate surface area is 321 Å². The summed E-state index contributed by atoms with van der Waals surface area (Å²) in [5.41, 5.74) is 13.6. The van der Waals surface area contributed by atoms with Crippen LogP contribution in [0.4, 0.5) is 34.1 Å². The maximum atomic E-state index is 6.71. The normalized spacial score (nSPS) is 11.4. The standard InChI is InChI=1S/C52H36N2O/c1-5-15-39(16-6-1)53(40-17-7-2-8-18-40)43-31-27-37(28-32-43)45-35-36-50-52-47(45)24-13-25-48(52)51-46(23-14-26-49(51)55-50)38-29-33-44(34-30-38)54(41-19-9-3-10-20-41)42-21-11-4-12-22-42/h1-36H. The van der Waals surface area contributed by atoms with Crippen molar-refractivity contribution in [1.82, 2.24) is 0 Å². The number of nitrogens with zero attached hydrogens (tertiary/aromatic N) is 2. The first-order chi connectivity index (χ1) is 27.3. The summed E-state index contributed by atoms with van der Waals surface area (Å²) in [6.45, 7) is 0. The molecule has 55 heavy (non-hydrogen) atoms. The molecule has 0 fully saturated rings. The van der Waals surface area contributed by atoms with Gasteiger partial charge in [0.2, 0.25) is 0 Å². The minimum Gasteiger partial charge on any atom is -0.456 e. The van der Waals surface area contributed by atoms with Crippen LogP contribution in [0.5, 0.6) is 11.5 Å². The zero-order chi connectivity index (χ0) is 36.6. The van der Waals surface area contributed by atoms with Crippen LogP contribution in [0.15, 0.2) is 218 Å². The Morgan fingerprint density at radius 2 is 0.691 bits per heavy atom. The highest BCUT2D eigenvalue weighted by Gasteiger charge is 2.25. The fraction of sp³-hybridized carbons (Fsp3) is 0. The van der Waals surface area contributed by atoms with Gasteiger partial charge in [-0.2, -0.15) is 0 Å². The smallest absolute Gasteiger partial charge is 0.135 e. The van der Waals surface area contributed by atoms with Crippen molar-refractivity contribution in [3.05, 3.63) is 218 Å². The quantitative estimate of drug-likeness (QED) is 0.157. The van der Waals surface area contributed by atoms with E-state index in [0.29, 0.717) is 0 Å². The second-order valence-electron chi connectivity index (χ2n) is 13.7. The van der Waals surface area contributed by atoms with E-state index < -0.39 is 0 Å². The minimum absolute atomic E-state index is 0.871. The van der Waals surface area contributed by atoms with Gasteiger partial charge in [-0.1, -0.05) is 133 Å². The Balaban J connectivity index is 1.03. The fourth-order valence-electron chi connectivity index (χ4n) is 7.96. The number of fused-ring (bicyclic) bond motifs is 2. The zero-order valence-electron chi connectivity index (χ0n) is 30.1. The van der Waals surface area contributed by atoms with Crippen LogP contribution in [0, 0.1) is 0 Å². The van der Waals surface area contributed by atoms with Crippen molar-refractivity contribution in [1.29, 1.82) is 0 Å². The summed E-state index contributed by atoms with van der Waals surface area (Å²) in [7, 11) is 0. The molecule has 1 aliphatic heterocycles. The lowest BCUT2D eigenvalue weighted by Gasteiger charge is -2.27. The molecule has 1 aliphatic rings. The molecule has 0 aromatic heterocycles. The molecule has 9 aromatic rings. The van der Waals surface area contributed by atoms with Crippen LogP contribution in [-0.4, -0.2) is 0 Å². The summed E-state index contributed by atoms with van der Waals surface area (Å²) in [4.78, 5) is 4.58. The van der Waals surface area contributed by atoms with Crippen molar-refractivity contribution >= 4 is 44.9 Å². The molecule has 0 unspecified atom stereocenters. The Morgan fingerprint density at radius 3 is 1.18 bits per heavy atom. The lowest BCUT2D eigenvalue weighted by atomic mass is 9.87. The van der Waals surface area contributed by atoms with Gasteiger partial charge >= 0.3 is 0 Å². The van der Waals surface area contributed by atoms with Crippen LogP contribution in [0.2, 0.25) is 0 Å². The predicted molar refractivity (Wildman–Crippen MR) is 230 cm³/mol. The van der Waals surface area contributed by atoms with Gasteiger partial charge in [0.25, 0.3) is 0 Å². The van der Waals surface area contributed by atoms with Gasteiger partial charge in [-0.15, -0.1) is 0 Å². The number of hydrogen-bond acceptors (Lipinski definition) is 3. The fourth-order valence-corrected chi connectivity index (χ4v) is 7.96. The van der Waals surface area contributed by atoms with Crippen molar-refractivity contribution in [2.24, 2.45) is 0 Å². The maximum absolute atomic E-state index is 6.71. The van der Waals surface area contributed by atoms with Crippen LogP contribution >= 0.6 is 0 Å². The van der Waals surface area contributed by atoms with Gasteiger partial charge in [-0.3, -0.25) is 0 Å². The first kappa shape index (κ1) is 32.3. The van der Waals surface area contributed by atoms with Crippen molar-refractivity contribution in [2.75, 3.05) is 9.80 Å². The molecule has 0 radical (unpaired) electrons. The molecule has 0 saturated carbocycles. The minimum atomic E-state index is 0.871. The Bertz CT molecular complexity index is 2670. The van der Waals surface area contributed by atoms with E-state index in [1.165, 1.54) is 16.5 Å². The van der Waals surface area contributed by atoms with E-state index in [1.54, 1.807) is 0 Å². The van der Waals surface area contributed by atoms with E-state index in [4.69, 9.17) is 4.74 Å². The molecule has 0 saturated heterocycles. The average molecular weight is 705 g/mol. The summed E-state index contributed by atoms with van der Waals surface area (Å²) in [6, 6.07) is 77.2. The van der Waals surface area contributed by atoms with Gasteiger partial charge in [0, 0.05) is 45.1 Å². The lowest BCUT2D eigenvalue weighted by molar-refractivity contribution is 0.487. The third kappa shape index (κ3) is 5.89. The topological polar surface area (TPSA) is 15.7 Å². The highest BCUT2D eigenvalue weighted by molar-refractivity contribution is 6.12. The van der Waals surface area contributed by atoms with Crippen LogP contribution in [-0.2, 0) is 0 Å². The van der Waals surface area contributed by atoms with Crippen LogP contribution < -0.4 is 14.5 Å². The third-order valence-electron chi connectivity index (χ3n) is 10.4. The van der Waals surface area contributed by atoms with E-state index in [1.807, 2.05) is 0 Å². The molecule has 10 rings (SSSR count). The van der Waals surface area contributed by atoms with Crippen molar-refractivity contribution in [3.8, 4) is 44.9 Å². The summed E-state index contributed by atoms with van der Waals surface area (Å²) in [6.07, 6.45) is 0. The maximum Gasteiger partial charge on any atom is 0.135 e. The molecule has 0 atom stereocenters. The van der Waals surface area contributed by atoms with Gasteiger partial charge < -0.3 is 14.5 Å². The van der Waals surface area contributed by atoms with Gasteiger partial charge in [-0.05, 0) is 118 Å². The molecule has 260 valence electrons. The predicted octanol–water partition coefficient (Wildman–Crippen LogP) is 14.9. The van der Waals surface area contributed by atoms with Gasteiger partial charge in [0.1, 0.15) is 11.5 Å². The van der Waals surface area contributed by atoms with Gasteiger partial charge in [-0.25, -0.2) is 0 Å². The van der Waals surface area contributed by atoms with E-state index in [2.05, 4.69) is 228 Å². The highest BCUT2D eigenvalue weighted by Crippen LogP contribution is 2.52. The molecule has 9 aromatic carbocycles. The summed E-state index contributed by atoms with van der Waals surface area (Å²) >= 11 is 0. The largest absolute Gasteiger partial charge is 0.456 e. The van der Waals surface area contributed by atoms with E-state index in [0.717, 1.165) is 73.3 Å². The van der Waals surface area contributed by atoms with Crippen LogP contribution in [0.3, 0.4) is 0 Å². The zero-order valence-corrected chi connectivity index (χ0v) is 30.1. The molecule has 3 heteroatoms. The second kappa shape index (κ2) is 13.9. The molecule has 1 heterocycles. The molecule has 0 aliphatic carbocycles. The van der Waals surface area contributed by atoms with Crippen LogP contribution in [0.25, 0.3) is 44.2 Å². The average Bonchev–Trinajstić information content (AvgIpc) is 3.26. The van der Waals surface area contributed by atoms with Crippen molar-refractivity contribution in [2.45, 2.75) is 0 Å². The number of rotatable bonds is 8. The van der Waals surface area contributed by atoms with Gasteiger partial charge in [0.15, 0.2) is 0 Å². The van der Waals surface area contributed by atoms with Crippen molar-refractivity contribution in [3.63, 3.8) is 0 Å². The van der Waals surface area contributed by atoms with Crippen LogP contribution in [0.1, 0.15) is 0 Å². The first-order valence-electron chi connectivity index (χ1n) is 18.7. The Morgan fingerprint density at radius 1 is 0.273 bits per heavy atom. The third-order valence-corrected chi connectivity index (χ3v) is 10.4. The number of anilines is 6. The molecule has 0 spiro atoms. The molecule has 0 N–H and O–H groups in total. The summed E-state index contributed by atoms with van der Waals surface area (Å²) < 4.78 is 6.71. The number of ether oxygens (including phenoxy) is 1. The first-order valence-corrected chi connectivity index (χ1v) is 18.7. The molecular formula is C52H36N2O. The summed E-state index contributed by atoms with van der Waals surface area (Å²) in [5.74, 6) is 1.75. The van der Waals surface area contributed by atoms with E-state index >= 15 is 0 Å². The number of hydrogen-bond donors (Lipinski definition) is 0. The number of benzene rings is 9. The number of para-hydroxylation sites is 4. The second-order valence-corrected chi connectivity index (χ2v) is 13.7. The highest BCUT2D eigenvalue weighted by atomic mass is 16.5. The Kier molecular flexibility index (Phi) is 8.16. The monoisotopic (exact) mass is 704 g/mol. The van der Waals surface area contributed by atoms with Crippen molar-refractivity contribution < 1.29 is 4.74 Å². The summed E-state index contributed by atoms with van der Waals surface area (Å²) in [5, 5.41) is 2.30. The molecule has 0 bridgehead atoms. The lowest BCUT2D eigenvalue weighted by Crippen LogP contribution is -2.09. The van der Waals surface area contributed by atoms with Gasteiger partial charge in [0.05, 0.1) is 0 Å². The molecular weight excluding hydrogens is 669 g/mol. The van der Waals surface area contributed by atoms with E-state index in [-0.39, 0.29) is 0 Å². The molecule has 0 amide bonds. The van der Waals surface area contributed by atoms with E-state index in [9.17, 15) is 0 Å².